The van der Waals surface area contributed by atoms with Gasteiger partial charge in [0.2, 0.25) is 0 Å². The van der Waals surface area contributed by atoms with Gasteiger partial charge in [-0.3, -0.25) is 4.99 Å². The van der Waals surface area contributed by atoms with Gasteiger partial charge in [0.15, 0.2) is 0 Å². The highest BCUT2D eigenvalue weighted by atomic mass is 35.5. The lowest BCUT2D eigenvalue weighted by Gasteiger charge is -2.22. The third-order valence-corrected chi connectivity index (χ3v) is 6.32. The van der Waals surface area contributed by atoms with Crippen molar-refractivity contribution in [2.24, 2.45) is 10.9 Å². The molecule has 0 bridgehead atoms. The Morgan fingerprint density at radius 2 is 1.73 bits per heavy atom. The number of hydrogen-bond acceptors (Lipinski definition) is 4. The van der Waals surface area contributed by atoms with Gasteiger partial charge in [-0.2, -0.15) is 0 Å². The summed E-state index contributed by atoms with van der Waals surface area (Å²) in [5.74, 6) is 3.30. The summed E-state index contributed by atoms with van der Waals surface area (Å²) in [6, 6.07) is 14.5. The number of rotatable bonds is 8. The average molecular weight is 427 g/mol. The summed E-state index contributed by atoms with van der Waals surface area (Å²) >= 11 is 6.14. The zero-order valence-corrected chi connectivity index (χ0v) is 18.6. The molecule has 1 N–H and O–H groups in total. The molecule has 0 aromatic heterocycles. The maximum Gasteiger partial charge on any atom is 0.133 e. The maximum atomic E-state index is 6.14. The zero-order valence-electron chi connectivity index (χ0n) is 17.9. The summed E-state index contributed by atoms with van der Waals surface area (Å²) < 4.78 is 11.6. The number of nitrogens with one attached hydrogen (secondary N) is 1. The SMILES string of the molecule is CCOc1ccc(C2=N[C@H](CC3CCCC3)[C@H](c3ccc(Cl)cc3)N2)c(OCC)c1. The molecule has 2 aromatic carbocycles. The maximum absolute atomic E-state index is 6.14. The standard InChI is InChI=1S/C25H31ClN2O2/c1-3-29-20-13-14-21(23(16-20)30-4-2)25-27-22(15-17-7-5-6-8-17)24(28-25)18-9-11-19(26)12-10-18/h9-14,16-17,22,24H,3-8,15H2,1-2H3,(H,27,28)/t22-,24+/m1/s1. The van der Waals surface area contributed by atoms with Crippen molar-refractivity contribution in [1.29, 1.82) is 0 Å². The minimum Gasteiger partial charge on any atom is -0.494 e. The van der Waals surface area contributed by atoms with Gasteiger partial charge in [0.25, 0.3) is 0 Å². The molecule has 0 amide bonds. The summed E-state index contributed by atoms with van der Waals surface area (Å²) in [7, 11) is 0. The Morgan fingerprint density at radius 3 is 2.43 bits per heavy atom. The van der Waals surface area contributed by atoms with E-state index in [0.717, 1.165) is 40.3 Å². The second kappa shape index (κ2) is 9.74. The van der Waals surface area contributed by atoms with Crippen molar-refractivity contribution in [3.63, 3.8) is 0 Å². The third-order valence-electron chi connectivity index (χ3n) is 6.07. The van der Waals surface area contributed by atoms with E-state index in [1.54, 1.807) is 0 Å². The first kappa shape index (κ1) is 21.0. The summed E-state index contributed by atoms with van der Waals surface area (Å²) in [6.07, 6.45) is 6.45. The molecule has 2 aliphatic rings. The highest BCUT2D eigenvalue weighted by Gasteiger charge is 2.34. The van der Waals surface area contributed by atoms with Crippen molar-refractivity contribution in [2.75, 3.05) is 13.2 Å². The Hall–Kier alpha value is -2.20. The van der Waals surface area contributed by atoms with Gasteiger partial charge in [-0.1, -0.05) is 49.4 Å². The lowest BCUT2D eigenvalue weighted by molar-refractivity contribution is 0.322. The molecule has 1 heterocycles. The Labute approximate surface area is 184 Å². The quantitative estimate of drug-likeness (QED) is 0.548. The van der Waals surface area contributed by atoms with Crippen LogP contribution in [0.3, 0.4) is 0 Å². The van der Waals surface area contributed by atoms with Gasteiger partial charge in [-0.25, -0.2) is 0 Å². The smallest absolute Gasteiger partial charge is 0.133 e. The van der Waals surface area contributed by atoms with Crippen molar-refractivity contribution < 1.29 is 9.47 Å². The number of aliphatic imine (C=N–C) groups is 1. The van der Waals surface area contributed by atoms with Gasteiger partial charge in [-0.05, 0) is 56.0 Å². The topological polar surface area (TPSA) is 42.8 Å². The van der Waals surface area contributed by atoms with Crippen LogP contribution in [0, 0.1) is 5.92 Å². The van der Waals surface area contributed by atoms with E-state index in [1.807, 2.05) is 38.1 Å². The van der Waals surface area contributed by atoms with Crippen LogP contribution in [-0.4, -0.2) is 25.1 Å². The molecular formula is C25H31ClN2O2. The Morgan fingerprint density at radius 1 is 1.00 bits per heavy atom. The first-order chi connectivity index (χ1) is 14.7. The Bertz CT molecular complexity index is 875. The number of nitrogens with zero attached hydrogens (tertiary/aromatic N) is 1. The highest BCUT2D eigenvalue weighted by Crippen LogP contribution is 2.37. The van der Waals surface area contributed by atoms with E-state index in [2.05, 4.69) is 23.5 Å². The van der Waals surface area contributed by atoms with Crippen LogP contribution in [0.2, 0.25) is 5.02 Å². The zero-order chi connectivity index (χ0) is 20.9. The van der Waals surface area contributed by atoms with Crippen molar-refractivity contribution in [1.82, 2.24) is 5.32 Å². The molecule has 1 aliphatic carbocycles. The summed E-state index contributed by atoms with van der Waals surface area (Å²) in [5, 5.41) is 4.46. The fourth-order valence-corrected chi connectivity index (χ4v) is 4.78. The highest BCUT2D eigenvalue weighted by molar-refractivity contribution is 6.30. The monoisotopic (exact) mass is 426 g/mol. The number of ether oxygens (including phenoxy) is 2. The normalized spacial score (nSPS) is 21.4. The van der Waals surface area contributed by atoms with Gasteiger partial charge in [-0.15, -0.1) is 0 Å². The van der Waals surface area contributed by atoms with E-state index in [1.165, 1.54) is 31.2 Å². The largest absolute Gasteiger partial charge is 0.494 e. The Balaban J connectivity index is 1.64. The lowest BCUT2D eigenvalue weighted by Crippen LogP contribution is -2.28. The molecule has 1 aliphatic heterocycles. The van der Waals surface area contributed by atoms with E-state index in [9.17, 15) is 0 Å². The van der Waals surface area contributed by atoms with Crippen LogP contribution in [0.5, 0.6) is 11.5 Å². The van der Waals surface area contributed by atoms with Crippen LogP contribution in [0.15, 0.2) is 47.5 Å². The molecule has 30 heavy (non-hydrogen) atoms. The fourth-order valence-electron chi connectivity index (χ4n) is 4.65. The second-order valence-corrected chi connectivity index (χ2v) is 8.57. The van der Waals surface area contributed by atoms with Crippen LogP contribution < -0.4 is 14.8 Å². The molecule has 1 saturated carbocycles. The van der Waals surface area contributed by atoms with Crippen LogP contribution in [-0.2, 0) is 0 Å². The van der Waals surface area contributed by atoms with Crippen LogP contribution >= 0.6 is 11.6 Å². The molecule has 160 valence electrons. The van der Waals surface area contributed by atoms with Gasteiger partial charge in [0, 0.05) is 11.1 Å². The molecule has 2 atom stereocenters. The van der Waals surface area contributed by atoms with E-state index < -0.39 is 0 Å². The lowest BCUT2D eigenvalue weighted by atomic mass is 9.91. The number of halogens is 1. The van der Waals surface area contributed by atoms with Crippen LogP contribution in [0.25, 0.3) is 0 Å². The van der Waals surface area contributed by atoms with E-state index in [4.69, 9.17) is 26.1 Å². The van der Waals surface area contributed by atoms with E-state index >= 15 is 0 Å². The molecule has 0 unspecified atom stereocenters. The summed E-state index contributed by atoms with van der Waals surface area (Å²) in [4.78, 5) is 5.17. The van der Waals surface area contributed by atoms with Gasteiger partial charge >= 0.3 is 0 Å². The molecule has 1 fully saturated rings. The number of benzene rings is 2. The van der Waals surface area contributed by atoms with Crippen molar-refractivity contribution in [3.8, 4) is 11.5 Å². The average Bonchev–Trinajstić information content (AvgIpc) is 3.40. The van der Waals surface area contributed by atoms with Crippen molar-refractivity contribution >= 4 is 17.4 Å². The first-order valence-corrected chi connectivity index (χ1v) is 11.6. The molecule has 0 spiro atoms. The third kappa shape index (κ3) is 4.75. The van der Waals surface area contributed by atoms with Crippen LogP contribution in [0.1, 0.15) is 63.1 Å². The molecule has 4 rings (SSSR count). The Kier molecular flexibility index (Phi) is 6.83. The number of hydrogen-bond donors (Lipinski definition) is 1. The molecule has 4 nitrogen and oxygen atoms in total. The van der Waals surface area contributed by atoms with Gasteiger partial charge in [0.1, 0.15) is 17.3 Å². The molecular weight excluding hydrogens is 396 g/mol. The number of amidine groups is 1. The summed E-state index contributed by atoms with van der Waals surface area (Å²) in [5.41, 5.74) is 2.22. The first-order valence-electron chi connectivity index (χ1n) is 11.2. The van der Waals surface area contributed by atoms with E-state index in [-0.39, 0.29) is 12.1 Å². The van der Waals surface area contributed by atoms with E-state index in [0.29, 0.717) is 13.2 Å². The minimum atomic E-state index is 0.152. The van der Waals surface area contributed by atoms with Gasteiger partial charge in [0.05, 0.1) is 30.9 Å². The summed E-state index contributed by atoms with van der Waals surface area (Å²) in [6.45, 7) is 5.22. The van der Waals surface area contributed by atoms with Crippen LogP contribution in [0.4, 0.5) is 0 Å². The van der Waals surface area contributed by atoms with Gasteiger partial charge < -0.3 is 14.8 Å². The van der Waals surface area contributed by atoms with Crippen molar-refractivity contribution in [3.05, 3.63) is 58.6 Å². The second-order valence-electron chi connectivity index (χ2n) is 8.13. The fraction of sp³-hybridized carbons (Fsp3) is 0.480. The molecule has 5 heteroatoms. The minimum absolute atomic E-state index is 0.152. The predicted octanol–water partition coefficient (Wildman–Crippen LogP) is 6.18. The molecule has 2 aromatic rings. The predicted molar refractivity (Wildman–Crippen MR) is 123 cm³/mol. The van der Waals surface area contributed by atoms with Crippen molar-refractivity contribution in [2.45, 2.75) is 58.0 Å². The molecule has 0 radical (unpaired) electrons. The molecule has 0 saturated heterocycles.